The fraction of sp³-hybridized carbons (Fsp3) is 0.533. The van der Waals surface area contributed by atoms with Gasteiger partial charge in [0.15, 0.2) is 5.69 Å². The highest BCUT2D eigenvalue weighted by atomic mass is 16.7. The van der Waals surface area contributed by atoms with Crippen LogP contribution in [0.15, 0.2) is 12.1 Å². The zero-order valence-corrected chi connectivity index (χ0v) is 14.0. The van der Waals surface area contributed by atoms with Crippen molar-refractivity contribution in [3.8, 4) is 6.07 Å². The molecule has 122 valence electrons. The monoisotopic (exact) mass is 317 g/mol. The van der Waals surface area contributed by atoms with Gasteiger partial charge in [-0.25, -0.2) is 9.78 Å². The number of rotatable bonds is 4. The number of anilines is 1. The van der Waals surface area contributed by atoms with Crippen molar-refractivity contribution in [3.63, 3.8) is 0 Å². The predicted octanol–water partition coefficient (Wildman–Crippen LogP) is 1.10. The number of nitrogens with one attached hydrogen (secondary N) is 1. The molecule has 0 bridgehead atoms. The Morgan fingerprint density at radius 1 is 1.35 bits per heavy atom. The number of methoxy groups -OCH3 is 1. The number of carbonyl (C=O) groups excluding carboxylic acids is 1. The highest BCUT2D eigenvalue weighted by Crippen LogP contribution is 2.36. The molecule has 1 fully saturated rings. The van der Waals surface area contributed by atoms with E-state index in [-0.39, 0.29) is 12.2 Å². The first-order chi connectivity index (χ1) is 10.7. The summed E-state index contributed by atoms with van der Waals surface area (Å²) in [6.07, 6.45) is 0. The van der Waals surface area contributed by atoms with Crippen molar-refractivity contribution in [2.24, 2.45) is 0 Å². The number of hydrogen-bond acceptors (Lipinski definition) is 7. The van der Waals surface area contributed by atoms with Gasteiger partial charge >= 0.3 is 13.1 Å². The van der Waals surface area contributed by atoms with Gasteiger partial charge in [-0.15, -0.1) is 0 Å². The van der Waals surface area contributed by atoms with Gasteiger partial charge in [-0.05, 0) is 33.8 Å². The lowest BCUT2D eigenvalue weighted by Gasteiger charge is -2.32. The van der Waals surface area contributed by atoms with Crippen LogP contribution in [0.4, 0.5) is 5.82 Å². The minimum absolute atomic E-state index is 0.0458. The Morgan fingerprint density at radius 2 is 1.96 bits per heavy atom. The molecule has 8 heteroatoms. The van der Waals surface area contributed by atoms with Crippen LogP contribution in [0.1, 0.15) is 38.2 Å². The summed E-state index contributed by atoms with van der Waals surface area (Å²) in [5.41, 5.74) is -0.212. The van der Waals surface area contributed by atoms with Crippen molar-refractivity contribution >= 4 is 24.4 Å². The summed E-state index contributed by atoms with van der Waals surface area (Å²) in [6, 6.07) is 5.22. The normalized spacial score (nSPS) is 18.3. The Hall–Kier alpha value is -2.11. The third-order valence-electron chi connectivity index (χ3n) is 4.16. The Balaban J connectivity index is 2.38. The number of aromatic nitrogens is 1. The first-order valence-corrected chi connectivity index (χ1v) is 7.27. The first kappa shape index (κ1) is 17.3. The molecule has 1 aromatic heterocycles. The van der Waals surface area contributed by atoms with Crippen LogP contribution in [0.3, 0.4) is 0 Å². The van der Waals surface area contributed by atoms with Gasteiger partial charge in [0, 0.05) is 5.46 Å². The van der Waals surface area contributed by atoms with Gasteiger partial charge in [-0.1, -0.05) is 6.07 Å². The lowest BCUT2D eigenvalue weighted by Crippen LogP contribution is -2.41. The minimum atomic E-state index is -0.639. The molecule has 2 heterocycles. The number of hydrogen-bond donors (Lipinski definition) is 1. The second kappa shape index (κ2) is 6.18. The number of pyridine rings is 1. The van der Waals surface area contributed by atoms with E-state index in [1.165, 1.54) is 7.11 Å². The van der Waals surface area contributed by atoms with E-state index < -0.39 is 24.3 Å². The molecule has 0 saturated carbocycles. The summed E-state index contributed by atoms with van der Waals surface area (Å²) in [6.45, 7) is 7.85. The quantitative estimate of drug-likeness (QED) is 0.505. The highest BCUT2D eigenvalue weighted by molar-refractivity contribution is 6.63. The van der Waals surface area contributed by atoms with Crippen LogP contribution < -0.4 is 10.8 Å². The standard InChI is InChI=1S/C15H20BN3O4/c1-14(2)15(3,4)23-16(22-14)10-6-7-11(13(20)21-5)19-12(10)18-9-8-17/h6-7H,9H2,1-5H3,(H,18,19). The second-order valence-electron chi connectivity index (χ2n) is 6.23. The molecule has 0 spiro atoms. The molecule has 1 aliphatic heterocycles. The van der Waals surface area contributed by atoms with Crippen LogP contribution >= 0.6 is 0 Å². The number of nitriles is 1. The molecular formula is C15H20BN3O4. The van der Waals surface area contributed by atoms with Gasteiger partial charge in [-0.2, -0.15) is 5.26 Å². The van der Waals surface area contributed by atoms with Gasteiger partial charge in [0.05, 0.1) is 24.4 Å². The maximum atomic E-state index is 11.6. The smallest absolute Gasteiger partial charge is 0.464 e. The van der Waals surface area contributed by atoms with Crippen molar-refractivity contribution in [2.75, 3.05) is 19.0 Å². The van der Waals surface area contributed by atoms with Crippen molar-refractivity contribution < 1.29 is 18.8 Å². The van der Waals surface area contributed by atoms with E-state index in [9.17, 15) is 4.79 Å². The predicted molar refractivity (Wildman–Crippen MR) is 85.4 cm³/mol. The molecule has 0 radical (unpaired) electrons. The van der Waals surface area contributed by atoms with Gasteiger partial charge in [0.2, 0.25) is 0 Å². The average Bonchev–Trinajstić information content (AvgIpc) is 2.72. The van der Waals surface area contributed by atoms with Crippen LogP contribution in [0.5, 0.6) is 0 Å². The second-order valence-corrected chi connectivity index (χ2v) is 6.23. The zero-order chi connectivity index (χ0) is 17.3. The Morgan fingerprint density at radius 3 is 2.48 bits per heavy atom. The van der Waals surface area contributed by atoms with E-state index in [1.54, 1.807) is 12.1 Å². The van der Waals surface area contributed by atoms with Gasteiger partial charge < -0.3 is 19.4 Å². The van der Waals surface area contributed by atoms with E-state index >= 15 is 0 Å². The molecule has 0 atom stereocenters. The SMILES string of the molecule is COC(=O)c1ccc(B2OC(C)(C)C(C)(C)O2)c(NCC#N)n1. The molecule has 0 aromatic carbocycles. The summed E-state index contributed by atoms with van der Waals surface area (Å²) >= 11 is 0. The van der Waals surface area contributed by atoms with Crippen LogP contribution in [0, 0.1) is 11.3 Å². The molecule has 7 nitrogen and oxygen atoms in total. The fourth-order valence-corrected chi connectivity index (χ4v) is 2.11. The summed E-state index contributed by atoms with van der Waals surface area (Å²) in [5.74, 6) is -0.182. The lowest BCUT2D eigenvalue weighted by atomic mass is 9.79. The van der Waals surface area contributed by atoms with Gasteiger partial charge in [0.1, 0.15) is 12.4 Å². The average molecular weight is 317 g/mol. The Kier molecular flexibility index (Phi) is 4.64. The highest BCUT2D eigenvalue weighted by Gasteiger charge is 2.52. The Bertz CT molecular complexity index is 639. The molecule has 0 amide bonds. The maximum Gasteiger partial charge on any atom is 0.498 e. The number of nitrogens with zero attached hydrogens (tertiary/aromatic N) is 2. The van der Waals surface area contributed by atoms with E-state index in [0.717, 1.165) is 0 Å². The topological polar surface area (TPSA) is 93.5 Å². The largest absolute Gasteiger partial charge is 0.498 e. The number of carbonyl (C=O) groups is 1. The molecule has 23 heavy (non-hydrogen) atoms. The van der Waals surface area contributed by atoms with Crippen LogP contribution in [0.25, 0.3) is 0 Å². The fourth-order valence-electron chi connectivity index (χ4n) is 2.11. The molecule has 0 unspecified atom stereocenters. The third-order valence-corrected chi connectivity index (χ3v) is 4.16. The van der Waals surface area contributed by atoms with E-state index in [1.807, 2.05) is 33.8 Å². The molecule has 1 aliphatic rings. The van der Waals surface area contributed by atoms with Crippen LogP contribution in [-0.2, 0) is 14.0 Å². The molecule has 0 aliphatic carbocycles. The number of esters is 1. The van der Waals surface area contributed by atoms with Gasteiger partial charge in [-0.3, -0.25) is 0 Å². The zero-order valence-electron chi connectivity index (χ0n) is 14.0. The first-order valence-electron chi connectivity index (χ1n) is 7.27. The lowest BCUT2D eigenvalue weighted by molar-refractivity contribution is 0.00578. The summed E-state index contributed by atoms with van der Waals surface area (Å²) in [4.78, 5) is 15.9. The van der Waals surface area contributed by atoms with Gasteiger partial charge in [0.25, 0.3) is 0 Å². The molecule has 1 saturated heterocycles. The maximum absolute atomic E-state index is 11.6. The van der Waals surface area contributed by atoms with Crippen LogP contribution in [0.2, 0.25) is 0 Å². The minimum Gasteiger partial charge on any atom is -0.464 e. The van der Waals surface area contributed by atoms with Crippen LogP contribution in [-0.4, -0.2) is 42.9 Å². The molecule has 1 aromatic rings. The van der Waals surface area contributed by atoms with E-state index in [4.69, 9.17) is 14.6 Å². The van der Waals surface area contributed by atoms with E-state index in [0.29, 0.717) is 11.3 Å². The molecule has 2 rings (SSSR count). The molecule has 1 N–H and O–H groups in total. The summed E-state index contributed by atoms with van der Waals surface area (Å²) in [5, 5.41) is 11.7. The molecular weight excluding hydrogens is 297 g/mol. The summed E-state index contributed by atoms with van der Waals surface area (Å²) in [7, 11) is 0.648. The number of ether oxygens (including phenoxy) is 1. The Labute approximate surface area is 136 Å². The van der Waals surface area contributed by atoms with Crippen molar-refractivity contribution in [1.82, 2.24) is 4.98 Å². The van der Waals surface area contributed by atoms with E-state index in [2.05, 4.69) is 15.0 Å². The van der Waals surface area contributed by atoms with Crippen molar-refractivity contribution in [1.29, 1.82) is 5.26 Å². The van der Waals surface area contributed by atoms with Crippen molar-refractivity contribution in [2.45, 2.75) is 38.9 Å². The third kappa shape index (κ3) is 3.31. The van der Waals surface area contributed by atoms with Crippen molar-refractivity contribution in [3.05, 3.63) is 17.8 Å². The summed E-state index contributed by atoms with van der Waals surface area (Å²) < 4.78 is 16.7.